The molecule has 0 amide bonds. The van der Waals surface area contributed by atoms with Crippen LogP contribution in [-0.4, -0.2) is 23.7 Å². The summed E-state index contributed by atoms with van der Waals surface area (Å²) in [5.74, 6) is 1.52. The van der Waals surface area contributed by atoms with E-state index in [0.29, 0.717) is 34.5 Å². The molecule has 5 nitrogen and oxygen atoms in total. The first-order valence-corrected chi connectivity index (χ1v) is 8.11. The molecule has 1 heterocycles. The summed E-state index contributed by atoms with van der Waals surface area (Å²) in [6, 6.07) is 13.3. The highest BCUT2D eigenvalue weighted by atomic mass is 35.5. The number of para-hydroxylation sites is 2. The van der Waals surface area contributed by atoms with Gasteiger partial charge in [-0.15, -0.1) is 0 Å². The Kier molecular flexibility index (Phi) is 4.92. The molecule has 6 heteroatoms. The normalized spacial score (nSPS) is 11.4. The Morgan fingerprint density at radius 2 is 2.16 bits per heavy atom. The number of hydrogen-bond acceptors (Lipinski definition) is 4. The van der Waals surface area contributed by atoms with E-state index >= 15 is 0 Å². The molecule has 2 aromatic carbocycles. The molecule has 1 aromatic heterocycles. The quantitative estimate of drug-likeness (QED) is 0.675. The van der Waals surface area contributed by atoms with Gasteiger partial charge >= 0.3 is 0 Å². The molecule has 1 N–H and O–H groups in total. The topological polar surface area (TPSA) is 70.9 Å². The molecule has 3 aromatic rings. The molecule has 0 aliphatic heterocycles. The Morgan fingerprint density at radius 1 is 1.36 bits per heavy atom. The molecule has 126 valence electrons. The average molecular weight is 354 g/mol. The van der Waals surface area contributed by atoms with Gasteiger partial charge in [0.05, 0.1) is 35.3 Å². The highest BCUT2D eigenvalue weighted by Crippen LogP contribution is 2.37. The maximum absolute atomic E-state index is 9.54. The van der Waals surface area contributed by atoms with Crippen LogP contribution in [0.3, 0.4) is 0 Å². The van der Waals surface area contributed by atoms with Crippen LogP contribution in [0, 0.1) is 11.3 Å². The Balaban J connectivity index is 2.06. The standard InChI is InChI=1S/C19H16ClN3O2/c1-3-25-17-10-12(9-14(20)18(17)24-2)8-13(11-21)19-22-15-6-4-5-7-16(15)23-19/h4-10H,3H2,1-2H3,(H,22,23)/b13-8+. The monoisotopic (exact) mass is 353 g/mol. The molecule has 0 saturated heterocycles. The molecule has 0 unspecified atom stereocenters. The molecule has 3 rings (SSSR count). The number of H-pyrrole nitrogens is 1. The summed E-state index contributed by atoms with van der Waals surface area (Å²) in [7, 11) is 1.54. The van der Waals surface area contributed by atoms with Crippen molar-refractivity contribution < 1.29 is 9.47 Å². The minimum atomic E-state index is 0.403. The van der Waals surface area contributed by atoms with E-state index in [1.807, 2.05) is 31.2 Å². The van der Waals surface area contributed by atoms with E-state index in [2.05, 4.69) is 16.0 Å². The van der Waals surface area contributed by atoms with Gasteiger partial charge < -0.3 is 14.5 Å². The van der Waals surface area contributed by atoms with Crippen molar-refractivity contribution in [3.8, 4) is 17.6 Å². The number of hydrogen-bond donors (Lipinski definition) is 1. The molecule has 0 saturated carbocycles. The van der Waals surface area contributed by atoms with Crippen molar-refractivity contribution >= 4 is 34.3 Å². The highest BCUT2D eigenvalue weighted by molar-refractivity contribution is 6.32. The Hall–Kier alpha value is -2.97. The summed E-state index contributed by atoms with van der Waals surface area (Å²) in [5.41, 5.74) is 2.81. The number of nitriles is 1. The van der Waals surface area contributed by atoms with Crippen molar-refractivity contribution in [1.29, 1.82) is 5.26 Å². The fraction of sp³-hybridized carbons (Fsp3) is 0.158. The summed E-state index contributed by atoms with van der Waals surface area (Å²) in [4.78, 5) is 7.61. The first-order chi connectivity index (χ1) is 12.2. The number of halogens is 1. The van der Waals surface area contributed by atoms with Gasteiger partial charge in [-0.3, -0.25) is 0 Å². The van der Waals surface area contributed by atoms with Crippen LogP contribution in [0.15, 0.2) is 36.4 Å². The molecule has 0 bridgehead atoms. The van der Waals surface area contributed by atoms with E-state index in [1.54, 1.807) is 18.2 Å². The summed E-state index contributed by atoms with van der Waals surface area (Å²) in [6.07, 6.45) is 1.71. The summed E-state index contributed by atoms with van der Waals surface area (Å²) < 4.78 is 10.9. The van der Waals surface area contributed by atoms with Crippen molar-refractivity contribution in [3.05, 3.63) is 52.8 Å². The average Bonchev–Trinajstić information content (AvgIpc) is 3.03. The first-order valence-electron chi connectivity index (χ1n) is 7.73. The van der Waals surface area contributed by atoms with Gasteiger partial charge in [0.2, 0.25) is 0 Å². The summed E-state index contributed by atoms with van der Waals surface area (Å²) in [5, 5.41) is 9.96. The van der Waals surface area contributed by atoms with Crippen molar-refractivity contribution in [2.24, 2.45) is 0 Å². The van der Waals surface area contributed by atoms with E-state index in [1.165, 1.54) is 7.11 Å². The fourth-order valence-electron chi connectivity index (χ4n) is 2.53. The third kappa shape index (κ3) is 3.44. The Labute approximate surface area is 150 Å². The lowest BCUT2D eigenvalue weighted by molar-refractivity contribution is 0.311. The predicted octanol–water partition coefficient (Wildman–Crippen LogP) is 4.69. The van der Waals surface area contributed by atoms with Gasteiger partial charge in [-0.2, -0.15) is 5.26 Å². The maximum atomic E-state index is 9.54. The van der Waals surface area contributed by atoms with E-state index in [9.17, 15) is 5.26 Å². The van der Waals surface area contributed by atoms with Gasteiger partial charge in [0, 0.05) is 0 Å². The number of ether oxygens (including phenoxy) is 2. The number of benzene rings is 2. The number of aromatic nitrogens is 2. The van der Waals surface area contributed by atoms with Gasteiger partial charge in [0.1, 0.15) is 11.9 Å². The number of imidazole rings is 1. The van der Waals surface area contributed by atoms with Crippen LogP contribution >= 0.6 is 11.6 Å². The fourth-order valence-corrected chi connectivity index (χ4v) is 2.83. The number of nitrogens with zero attached hydrogens (tertiary/aromatic N) is 2. The number of aromatic amines is 1. The highest BCUT2D eigenvalue weighted by Gasteiger charge is 2.13. The zero-order chi connectivity index (χ0) is 17.8. The number of methoxy groups -OCH3 is 1. The minimum Gasteiger partial charge on any atom is -0.491 e. The minimum absolute atomic E-state index is 0.403. The lowest BCUT2D eigenvalue weighted by atomic mass is 10.1. The Bertz CT molecular complexity index is 953. The first kappa shape index (κ1) is 16.9. The molecule has 0 fully saturated rings. The lowest BCUT2D eigenvalue weighted by Crippen LogP contribution is -1.96. The van der Waals surface area contributed by atoms with E-state index in [4.69, 9.17) is 21.1 Å². The predicted molar refractivity (Wildman–Crippen MR) is 98.8 cm³/mol. The zero-order valence-corrected chi connectivity index (χ0v) is 14.6. The van der Waals surface area contributed by atoms with Crippen LogP contribution in [0.1, 0.15) is 18.3 Å². The molecule has 0 aliphatic carbocycles. The third-order valence-corrected chi connectivity index (χ3v) is 3.89. The lowest BCUT2D eigenvalue weighted by Gasteiger charge is -2.11. The largest absolute Gasteiger partial charge is 0.491 e. The van der Waals surface area contributed by atoms with Gasteiger partial charge in [0.25, 0.3) is 0 Å². The summed E-state index contributed by atoms with van der Waals surface area (Å²) in [6.45, 7) is 2.36. The maximum Gasteiger partial charge on any atom is 0.179 e. The number of rotatable bonds is 5. The van der Waals surface area contributed by atoms with Crippen LogP contribution in [0.4, 0.5) is 0 Å². The molecular formula is C19H16ClN3O2. The van der Waals surface area contributed by atoms with E-state index in [-0.39, 0.29) is 0 Å². The molecular weight excluding hydrogens is 338 g/mol. The second kappa shape index (κ2) is 7.29. The van der Waals surface area contributed by atoms with Crippen LogP contribution < -0.4 is 9.47 Å². The smallest absolute Gasteiger partial charge is 0.179 e. The molecule has 0 radical (unpaired) electrons. The molecule has 0 spiro atoms. The van der Waals surface area contributed by atoms with Gasteiger partial charge in [0.15, 0.2) is 11.5 Å². The number of allylic oxidation sites excluding steroid dienone is 1. The molecule has 25 heavy (non-hydrogen) atoms. The van der Waals surface area contributed by atoms with E-state index < -0.39 is 0 Å². The van der Waals surface area contributed by atoms with E-state index in [0.717, 1.165) is 16.6 Å². The van der Waals surface area contributed by atoms with Crippen LogP contribution in [0.2, 0.25) is 5.02 Å². The van der Waals surface area contributed by atoms with Crippen molar-refractivity contribution in [2.75, 3.05) is 13.7 Å². The number of nitrogens with one attached hydrogen (secondary N) is 1. The summed E-state index contributed by atoms with van der Waals surface area (Å²) >= 11 is 6.27. The molecule has 0 aliphatic rings. The van der Waals surface area contributed by atoms with Gasteiger partial charge in [-0.05, 0) is 42.8 Å². The molecule has 0 atom stereocenters. The number of fused-ring (bicyclic) bond motifs is 1. The van der Waals surface area contributed by atoms with Crippen molar-refractivity contribution in [1.82, 2.24) is 9.97 Å². The van der Waals surface area contributed by atoms with Crippen LogP contribution in [0.5, 0.6) is 11.5 Å². The van der Waals surface area contributed by atoms with Crippen molar-refractivity contribution in [3.63, 3.8) is 0 Å². The van der Waals surface area contributed by atoms with Gasteiger partial charge in [-0.1, -0.05) is 23.7 Å². The third-order valence-electron chi connectivity index (χ3n) is 3.61. The zero-order valence-electron chi connectivity index (χ0n) is 13.8. The SMILES string of the molecule is CCOc1cc(/C=C(\C#N)c2nc3ccccc3[nH]2)cc(Cl)c1OC. The van der Waals surface area contributed by atoms with Crippen LogP contribution in [0.25, 0.3) is 22.7 Å². The van der Waals surface area contributed by atoms with Crippen LogP contribution in [-0.2, 0) is 0 Å². The second-order valence-electron chi connectivity index (χ2n) is 5.24. The second-order valence-corrected chi connectivity index (χ2v) is 5.65. The Morgan fingerprint density at radius 3 is 2.84 bits per heavy atom. The van der Waals surface area contributed by atoms with Gasteiger partial charge in [-0.25, -0.2) is 4.98 Å². The van der Waals surface area contributed by atoms with Crippen molar-refractivity contribution in [2.45, 2.75) is 6.92 Å².